The van der Waals surface area contributed by atoms with Crippen LogP contribution in [0, 0.1) is 5.92 Å². The third-order valence-electron chi connectivity index (χ3n) is 4.85. The van der Waals surface area contributed by atoms with Gasteiger partial charge in [0, 0.05) is 51.4 Å². The third-order valence-corrected chi connectivity index (χ3v) is 4.85. The summed E-state index contributed by atoms with van der Waals surface area (Å²) < 4.78 is 6.99. The summed E-state index contributed by atoms with van der Waals surface area (Å²) in [6.45, 7) is 4.37. The molecule has 2 unspecified atom stereocenters. The number of aryl methyl sites for hydroxylation is 1. The van der Waals surface area contributed by atoms with Crippen LogP contribution < -0.4 is 0 Å². The van der Waals surface area contributed by atoms with Gasteiger partial charge in [0.2, 0.25) is 5.91 Å². The minimum absolute atomic E-state index is 0.0228. The molecule has 8 nitrogen and oxygen atoms in total. The number of nitrogens with zero attached hydrogens (tertiary/aromatic N) is 4. The van der Waals surface area contributed by atoms with Crippen LogP contribution in [0.25, 0.3) is 0 Å². The quantitative estimate of drug-likeness (QED) is 0.821. The average Bonchev–Trinajstić information content (AvgIpc) is 3.00. The number of rotatable bonds is 5. The fourth-order valence-corrected chi connectivity index (χ4v) is 3.55. The molecule has 1 N–H and O–H groups in total. The van der Waals surface area contributed by atoms with Crippen LogP contribution in [0.4, 0.5) is 0 Å². The number of carboxylic acids is 1. The first-order valence-electron chi connectivity index (χ1n) is 8.37. The summed E-state index contributed by atoms with van der Waals surface area (Å²) in [4.78, 5) is 28.2. The van der Waals surface area contributed by atoms with Crippen molar-refractivity contribution in [2.45, 2.75) is 18.9 Å². The van der Waals surface area contributed by atoms with Crippen LogP contribution in [0.2, 0.25) is 0 Å². The molecule has 24 heavy (non-hydrogen) atoms. The number of hydrogen-bond acceptors (Lipinski definition) is 5. The lowest BCUT2D eigenvalue weighted by atomic mass is 9.85. The third kappa shape index (κ3) is 3.59. The smallest absolute Gasteiger partial charge is 0.308 e. The molecule has 8 heteroatoms. The second-order valence-corrected chi connectivity index (χ2v) is 6.42. The van der Waals surface area contributed by atoms with Crippen LogP contribution in [-0.4, -0.2) is 76.0 Å². The predicted molar refractivity (Wildman–Crippen MR) is 85.3 cm³/mol. The Morgan fingerprint density at radius 1 is 1.38 bits per heavy atom. The standard InChI is InChI=1S/C16H24N4O4/c1-18-11-12(10-17-18)15-13(16(22)23)2-3-14(21)20(15)5-4-19-6-8-24-9-7-19/h10-11,13,15H,2-9H2,1H3,(H,22,23). The van der Waals surface area contributed by atoms with Crippen LogP contribution >= 0.6 is 0 Å². The summed E-state index contributed by atoms with van der Waals surface area (Å²) in [6.07, 6.45) is 4.14. The maximum Gasteiger partial charge on any atom is 0.308 e. The summed E-state index contributed by atoms with van der Waals surface area (Å²) in [7, 11) is 1.79. The number of morpholine rings is 1. The van der Waals surface area contributed by atoms with Crippen molar-refractivity contribution in [1.82, 2.24) is 19.6 Å². The van der Waals surface area contributed by atoms with Crippen molar-refractivity contribution in [2.75, 3.05) is 39.4 Å². The van der Waals surface area contributed by atoms with Crippen LogP contribution in [0.5, 0.6) is 0 Å². The Hall–Kier alpha value is -1.93. The van der Waals surface area contributed by atoms with Gasteiger partial charge in [-0.15, -0.1) is 0 Å². The van der Waals surface area contributed by atoms with Gasteiger partial charge in [0.25, 0.3) is 0 Å². The molecular formula is C16H24N4O4. The van der Waals surface area contributed by atoms with E-state index in [-0.39, 0.29) is 12.3 Å². The van der Waals surface area contributed by atoms with Crippen LogP contribution in [-0.2, 0) is 21.4 Å². The lowest BCUT2D eigenvalue weighted by Crippen LogP contribution is -2.49. The second kappa shape index (κ2) is 7.31. The topological polar surface area (TPSA) is 87.9 Å². The molecule has 132 valence electrons. The van der Waals surface area contributed by atoms with Gasteiger partial charge in [-0.25, -0.2) is 0 Å². The Balaban J connectivity index is 1.78. The zero-order valence-corrected chi connectivity index (χ0v) is 13.9. The number of aromatic nitrogens is 2. The first-order chi connectivity index (χ1) is 11.6. The van der Waals surface area contributed by atoms with Crippen molar-refractivity contribution >= 4 is 11.9 Å². The maximum atomic E-state index is 12.5. The van der Waals surface area contributed by atoms with Gasteiger partial charge in [-0.3, -0.25) is 19.2 Å². The van der Waals surface area contributed by atoms with Crippen LogP contribution in [0.1, 0.15) is 24.4 Å². The van der Waals surface area contributed by atoms with Crippen molar-refractivity contribution in [2.24, 2.45) is 13.0 Å². The Labute approximate surface area is 141 Å². The molecule has 1 aromatic heterocycles. The average molecular weight is 336 g/mol. The highest BCUT2D eigenvalue weighted by Crippen LogP contribution is 2.36. The van der Waals surface area contributed by atoms with E-state index in [0.717, 1.165) is 25.2 Å². The van der Waals surface area contributed by atoms with Crippen molar-refractivity contribution in [3.63, 3.8) is 0 Å². The lowest BCUT2D eigenvalue weighted by molar-refractivity contribution is -0.152. The Bertz CT molecular complexity index is 597. The number of ether oxygens (including phenoxy) is 1. The predicted octanol–water partition coefficient (Wildman–Crippen LogP) is 0.117. The van der Waals surface area contributed by atoms with E-state index in [1.165, 1.54) is 0 Å². The molecule has 1 amide bonds. The molecule has 0 aromatic carbocycles. The molecule has 0 aliphatic carbocycles. The summed E-state index contributed by atoms with van der Waals surface area (Å²) in [5, 5.41) is 13.8. The molecular weight excluding hydrogens is 312 g/mol. The zero-order chi connectivity index (χ0) is 17.1. The van der Waals surface area contributed by atoms with Crippen LogP contribution in [0.15, 0.2) is 12.4 Å². The normalized spacial score (nSPS) is 25.9. The van der Waals surface area contributed by atoms with Gasteiger partial charge in [-0.05, 0) is 6.42 Å². The fourth-order valence-electron chi connectivity index (χ4n) is 3.55. The van der Waals surface area contributed by atoms with Crippen molar-refractivity contribution in [3.8, 4) is 0 Å². The minimum Gasteiger partial charge on any atom is -0.481 e. The van der Waals surface area contributed by atoms with E-state index in [0.29, 0.717) is 26.2 Å². The summed E-state index contributed by atoms with van der Waals surface area (Å²) >= 11 is 0. The van der Waals surface area contributed by atoms with Gasteiger partial charge in [-0.1, -0.05) is 0 Å². The van der Waals surface area contributed by atoms with E-state index in [2.05, 4.69) is 10.00 Å². The van der Waals surface area contributed by atoms with E-state index < -0.39 is 17.9 Å². The highest BCUT2D eigenvalue weighted by molar-refractivity contribution is 5.81. The number of likely N-dealkylation sites (tertiary alicyclic amines) is 1. The van der Waals surface area contributed by atoms with E-state index >= 15 is 0 Å². The Morgan fingerprint density at radius 2 is 2.12 bits per heavy atom. The number of aliphatic carboxylic acids is 1. The molecule has 2 fully saturated rings. The number of hydrogen-bond donors (Lipinski definition) is 1. The van der Waals surface area contributed by atoms with E-state index in [4.69, 9.17) is 4.74 Å². The van der Waals surface area contributed by atoms with Gasteiger partial charge >= 0.3 is 5.97 Å². The first kappa shape index (κ1) is 16.9. The van der Waals surface area contributed by atoms with Gasteiger partial charge in [-0.2, -0.15) is 5.10 Å². The van der Waals surface area contributed by atoms with E-state index in [1.54, 1.807) is 29.0 Å². The molecule has 2 aliphatic rings. The SMILES string of the molecule is Cn1cc(C2C(C(=O)O)CCC(=O)N2CCN2CCOCC2)cn1. The van der Waals surface area contributed by atoms with Gasteiger partial charge < -0.3 is 14.7 Å². The minimum atomic E-state index is -0.854. The molecule has 1 aromatic rings. The lowest BCUT2D eigenvalue weighted by Gasteiger charge is -2.40. The number of piperidine rings is 1. The van der Waals surface area contributed by atoms with Gasteiger partial charge in [0.05, 0.1) is 31.4 Å². The molecule has 0 spiro atoms. The molecule has 0 bridgehead atoms. The largest absolute Gasteiger partial charge is 0.481 e. The molecule has 2 atom stereocenters. The number of carbonyl (C=O) groups excluding carboxylic acids is 1. The Kier molecular flexibility index (Phi) is 5.15. The summed E-state index contributed by atoms with van der Waals surface area (Å²) in [5.41, 5.74) is 0.792. The van der Waals surface area contributed by atoms with Crippen molar-refractivity contribution in [1.29, 1.82) is 0 Å². The summed E-state index contributed by atoms with van der Waals surface area (Å²) in [6, 6.07) is -0.446. The molecule has 3 rings (SSSR count). The molecule has 3 heterocycles. The molecule has 0 radical (unpaired) electrons. The van der Waals surface area contributed by atoms with Gasteiger partial charge in [0.15, 0.2) is 0 Å². The summed E-state index contributed by atoms with van der Waals surface area (Å²) in [5.74, 6) is -1.42. The van der Waals surface area contributed by atoms with Gasteiger partial charge in [0.1, 0.15) is 0 Å². The second-order valence-electron chi connectivity index (χ2n) is 6.42. The van der Waals surface area contributed by atoms with E-state index in [9.17, 15) is 14.7 Å². The zero-order valence-electron chi connectivity index (χ0n) is 13.9. The first-order valence-corrected chi connectivity index (χ1v) is 8.37. The highest BCUT2D eigenvalue weighted by Gasteiger charge is 2.41. The monoisotopic (exact) mass is 336 g/mol. The molecule has 0 saturated carbocycles. The number of amides is 1. The Morgan fingerprint density at radius 3 is 2.75 bits per heavy atom. The van der Waals surface area contributed by atoms with E-state index in [1.807, 2.05) is 0 Å². The van der Waals surface area contributed by atoms with Crippen molar-refractivity contribution in [3.05, 3.63) is 18.0 Å². The number of carbonyl (C=O) groups is 2. The number of carboxylic acid groups (broad SMARTS) is 1. The maximum absolute atomic E-state index is 12.5. The highest BCUT2D eigenvalue weighted by atomic mass is 16.5. The van der Waals surface area contributed by atoms with Crippen LogP contribution in [0.3, 0.4) is 0 Å². The fraction of sp³-hybridized carbons (Fsp3) is 0.688. The van der Waals surface area contributed by atoms with Crippen molar-refractivity contribution < 1.29 is 19.4 Å². The molecule has 2 saturated heterocycles. The molecule has 2 aliphatic heterocycles.